The Morgan fingerprint density at radius 3 is 2.58 bits per heavy atom. The van der Waals surface area contributed by atoms with E-state index in [-0.39, 0.29) is 11.5 Å². The molecule has 6 unspecified atom stereocenters. The van der Waals surface area contributed by atoms with Gasteiger partial charge in [0.2, 0.25) is 0 Å². The van der Waals surface area contributed by atoms with Crippen LogP contribution in [0.25, 0.3) is 0 Å². The van der Waals surface area contributed by atoms with E-state index >= 15 is 0 Å². The smallest absolute Gasteiger partial charge is 0.0665 e. The molecule has 0 heterocycles. The third kappa shape index (κ3) is 4.42. The van der Waals surface area contributed by atoms with Crippen LogP contribution in [0.5, 0.6) is 0 Å². The summed E-state index contributed by atoms with van der Waals surface area (Å²) in [6.07, 6.45) is 8.59. The minimum absolute atomic E-state index is 0.126. The number of nitriles is 1. The predicted molar refractivity (Wildman–Crippen MR) is 102 cm³/mol. The molecule has 0 aromatic carbocycles. The highest BCUT2D eigenvalue weighted by molar-refractivity contribution is 5.15. The molecule has 2 aliphatic rings. The van der Waals surface area contributed by atoms with Crippen molar-refractivity contribution < 1.29 is 0 Å². The van der Waals surface area contributed by atoms with Crippen molar-refractivity contribution in [3.8, 4) is 6.07 Å². The Balaban J connectivity index is 2.31. The summed E-state index contributed by atoms with van der Waals surface area (Å²) in [4.78, 5) is 0. The van der Waals surface area contributed by atoms with Crippen molar-refractivity contribution in [2.24, 2.45) is 35.5 Å². The van der Waals surface area contributed by atoms with Crippen molar-refractivity contribution >= 4 is 0 Å². The average Bonchev–Trinajstić information content (AvgIpc) is 2.52. The van der Waals surface area contributed by atoms with Gasteiger partial charge in [-0.3, -0.25) is 0 Å². The summed E-state index contributed by atoms with van der Waals surface area (Å²) in [7, 11) is 2.06. The quantitative estimate of drug-likeness (QED) is 0.688. The maximum atomic E-state index is 10.0. The molecule has 2 bridgehead atoms. The zero-order chi connectivity index (χ0) is 17.9. The van der Waals surface area contributed by atoms with Gasteiger partial charge in [0.05, 0.1) is 12.0 Å². The minimum atomic E-state index is 0.126. The van der Waals surface area contributed by atoms with Gasteiger partial charge in [-0.05, 0) is 82.6 Å². The summed E-state index contributed by atoms with van der Waals surface area (Å²) >= 11 is 0. The monoisotopic (exact) mass is 330 g/mol. The summed E-state index contributed by atoms with van der Waals surface area (Å²) in [6, 6.07) is 2.75. The van der Waals surface area contributed by atoms with E-state index < -0.39 is 0 Å². The molecule has 2 aliphatic carbocycles. The number of nitrogens with zero attached hydrogens (tertiary/aromatic N) is 1. The highest BCUT2D eigenvalue weighted by Gasteiger charge is 2.45. The van der Waals surface area contributed by atoms with Crippen LogP contribution in [0.15, 0.2) is 12.2 Å². The van der Waals surface area contributed by atoms with Crippen LogP contribution in [0.3, 0.4) is 0 Å². The van der Waals surface area contributed by atoms with Gasteiger partial charge in [-0.25, -0.2) is 0 Å². The Hall–Kier alpha value is -0.810. The fraction of sp³-hybridized carbons (Fsp3) is 0.864. The number of rotatable bonds is 3. The maximum absolute atomic E-state index is 10.0. The largest absolute Gasteiger partial charge is 0.315 e. The standard InChI is InChI=1S/C22H38N2/c1-15-8-7-9-16(2)21-18(13-22(4,5)24-6)12-17(3)19(11-10-15)20(21)14-23/h15,17-21,24H,2,7-13H2,1,3-6H3. The Labute approximate surface area is 150 Å². The van der Waals surface area contributed by atoms with E-state index in [1.54, 1.807) is 0 Å². The lowest BCUT2D eigenvalue weighted by atomic mass is 9.57. The van der Waals surface area contributed by atoms with Crippen LogP contribution in [0, 0.1) is 46.8 Å². The van der Waals surface area contributed by atoms with Crippen molar-refractivity contribution in [3.05, 3.63) is 12.2 Å². The fourth-order valence-electron chi connectivity index (χ4n) is 5.37. The third-order valence-electron chi connectivity index (χ3n) is 7.02. The first-order valence-corrected chi connectivity index (χ1v) is 10.0. The van der Waals surface area contributed by atoms with E-state index in [9.17, 15) is 5.26 Å². The Bertz CT molecular complexity index is 473. The summed E-state index contributed by atoms with van der Waals surface area (Å²) in [5.41, 5.74) is 1.49. The van der Waals surface area contributed by atoms with E-state index in [2.05, 4.69) is 52.7 Å². The molecule has 0 aliphatic heterocycles. The molecule has 0 aromatic heterocycles. The Kier molecular flexibility index (Phi) is 6.54. The number of allylic oxidation sites excluding steroid dienone is 1. The van der Waals surface area contributed by atoms with E-state index in [4.69, 9.17) is 0 Å². The van der Waals surface area contributed by atoms with E-state index in [0.29, 0.717) is 23.7 Å². The second-order valence-corrected chi connectivity index (χ2v) is 9.39. The normalized spacial score (nSPS) is 38.4. The zero-order valence-electron chi connectivity index (χ0n) is 16.6. The molecule has 2 saturated carbocycles. The topological polar surface area (TPSA) is 35.8 Å². The van der Waals surface area contributed by atoms with Crippen molar-refractivity contribution in [2.75, 3.05) is 7.05 Å². The van der Waals surface area contributed by atoms with Gasteiger partial charge in [0.15, 0.2) is 0 Å². The van der Waals surface area contributed by atoms with Crippen molar-refractivity contribution in [2.45, 2.75) is 78.2 Å². The minimum Gasteiger partial charge on any atom is -0.315 e. The molecule has 2 nitrogen and oxygen atoms in total. The van der Waals surface area contributed by atoms with Crippen LogP contribution in [0.1, 0.15) is 72.6 Å². The maximum Gasteiger partial charge on any atom is 0.0665 e. The van der Waals surface area contributed by atoms with Crippen molar-refractivity contribution in [1.29, 1.82) is 5.26 Å². The van der Waals surface area contributed by atoms with Gasteiger partial charge in [-0.2, -0.15) is 5.26 Å². The number of hydrogen-bond acceptors (Lipinski definition) is 2. The summed E-state index contributed by atoms with van der Waals surface area (Å²) in [5.74, 6) is 3.17. The molecular formula is C22H38N2. The predicted octanol–water partition coefficient (Wildman–Crippen LogP) is 5.56. The molecule has 2 fully saturated rings. The summed E-state index contributed by atoms with van der Waals surface area (Å²) < 4.78 is 0. The molecule has 1 N–H and O–H groups in total. The van der Waals surface area contributed by atoms with Crippen LogP contribution in [-0.2, 0) is 0 Å². The highest BCUT2D eigenvalue weighted by atomic mass is 14.9. The van der Waals surface area contributed by atoms with E-state index in [1.165, 1.54) is 37.7 Å². The van der Waals surface area contributed by atoms with Crippen molar-refractivity contribution in [1.82, 2.24) is 5.32 Å². The first-order chi connectivity index (χ1) is 11.3. The second kappa shape index (κ2) is 8.05. The summed E-state index contributed by atoms with van der Waals surface area (Å²) in [5, 5.41) is 13.5. The fourth-order valence-corrected chi connectivity index (χ4v) is 5.37. The van der Waals surface area contributed by atoms with E-state index in [0.717, 1.165) is 18.8 Å². The lowest BCUT2D eigenvalue weighted by Crippen LogP contribution is -2.45. The molecule has 6 atom stereocenters. The second-order valence-electron chi connectivity index (χ2n) is 9.39. The lowest BCUT2D eigenvalue weighted by Gasteiger charge is -2.47. The van der Waals surface area contributed by atoms with Gasteiger partial charge in [-0.15, -0.1) is 0 Å². The zero-order valence-corrected chi connectivity index (χ0v) is 16.6. The van der Waals surface area contributed by atoms with Crippen LogP contribution >= 0.6 is 0 Å². The van der Waals surface area contributed by atoms with Crippen LogP contribution in [0.4, 0.5) is 0 Å². The lowest BCUT2D eigenvalue weighted by molar-refractivity contribution is 0.0631. The first kappa shape index (κ1) is 19.5. The molecule has 0 amide bonds. The first-order valence-electron chi connectivity index (χ1n) is 10.0. The number of hydrogen-bond donors (Lipinski definition) is 1. The summed E-state index contributed by atoms with van der Waals surface area (Å²) in [6.45, 7) is 13.8. The number of nitrogens with one attached hydrogen (secondary N) is 1. The highest BCUT2D eigenvalue weighted by Crippen LogP contribution is 2.50. The number of fused-ring (bicyclic) bond motifs is 2. The average molecular weight is 331 g/mol. The molecule has 2 rings (SSSR count). The Morgan fingerprint density at radius 1 is 1.25 bits per heavy atom. The molecule has 136 valence electrons. The molecular weight excluding hydrogens is 292 g/mol. The molecule has 0 radical (unpaired) electrons. The van der Waals surface area contributed by atoms with Gasteiger partial charge in [0.25, 0.3) is 0 Å². The molecule has 0 saturated heterocycles. The van der Waals surface area contributed by atoms with Gasteiger partial charge in [-0.1, -0.05) is 38.8 Å². The third-order valence-corrected chi connectivity index (χ3v) is 7.02. The molecule has 24 heavy (non-hydrogen) atoms. The van der Waals surface area contributed by atoms with Gasteiger partial charge in [0, 0.05) is 5.54 Å². The van der Waals surface area contributed by atoms with Crippen molar-refractivity contribution in [3.63, 3.8) is 0 Å². The van der Waals surface area contributed by atoms with Crippen LogP contribution in [-0.4, -0.2) is 12.6 Å². The van der Waals surface area contributed by atoms with Crippen LogP contribution < -0.4 is 5.32 Å². The van der Waals surface area contributed by atoms with Gasteiger partial charge in [0.1, 0.15) is 0 Å². The molecule has 0 spiro atoms. The Morgan fingerprint density at radius 2 is 1.96 bits per heavy atom. The van der Waals surface area contributed by atoms with E-state index in [1.807, 2.05) is 0 Å². The SMILES string of the molecule is C=C1CCCC(C)CCC2C(C)CC(CC(C)(C)NC)C1C2C#N. The van der Waals surface area contributed by atoms with Crippen LogP contribution in [0.2, 0.25) is 0 Å². The van der Waals surface area contributed by atoms with Gasteiger partial charge >= 0.3 is 0 Å². The molecule has 0 aromatic rings. The molecule has 2 heteroatoms. The van der Waals surface area contributed by atoms with Gasteiger partial charge < -0.3 is 5.32 Å².